The van der Waals surface area contributed by atoms with Crippen molar-refractivity contribution < 1.29 is 4.42 Å². The lowest BCUT2D eigenvalue weighted by Crippen LogP contribution is -2.11. The number of fused-ring (bicyclic) bond motifs is 9. The number of benzene rings is 8. The van der Waals surface area contributed by atoms with E-state index in [0.29, 0.717) is 0 Å². The Morgan fingerprint density at radius 3 is 1.85 bits per heavy atom. The van der Waals surface area contributed by atoms with Crippen molar-refractivity contribution in [3.8, 4) is 22.3 Å². The predicted octanol–water partition coefficient (Wildman–Crippen LogP) is 15.1. The Morgan fingerprint density at radius 1 is 0.385 bits per heavy atom. The summed E-state index contributed by atoms with van der Waals surface area (Å²) in [4.78, 5) is 2.51. The number of para-hydroxylation sites is 1. The van der Waals surface area contributed by atoms with Crippen LogP contribution in [0.25, 0.3) is 84.5 Å². The van der Waals surface area contributed by atoms with Crippen molar-refractivity contribution in [2.24, 2.45) is 0 Å². The van der Waals surface area contributed by atoms with Gasteiger partial charge >= 0.3 is 0 Å². The second-order valence-electron chi connectivity index (χ2n) is 13.2. The van der Waals surface area contributed by atoms with Crippen LogP contribution in [0.5, 0.6) is 0 Å². The number of anilines is 3. The van der Waals surface area contributed by atoms with Crippen LogP contribution in [0.1, 0.15) is 0 Å². The standard InChI is InChI=1S/C48H29NOS2/c1-3-13-30(14-4-1)33-19-11-23-43-46(33)47-38(20-12-24-44(47)51-43)49(32-25-28-41-37(29-32)35-17-7-9-21-40(35)50-41)39-27-26-34(31-15-5-2-6-16-31)48-45(39)36-18-8-10-22-42(36)52-48/h1-29H. The van der Waals surface area contributed by atoms with E-state index in [1.807, 2.05) is 28.7 Å². The van der Waals surface area contributed by atoms with Crippen molar-refractivity contribution in [3.05, 3.63) is 176 Å². The van der Waals surface area contributed by atoms with Gasteiger partial charge in [-0.2, -0.15) is 0 Å². The molecule has 0 aliphatic heterocycles. The van der Waals surface area contributed by atoms with Crippen LogP contribution in [0.3, 0.4) is 0 Å². The van der Waals surface area contributed by atoms with Crippen LogP contribution < -0.4 is 4.90 Å². The Bertz CT molecular complexity index is 3130. The maximum atomic E-state index is 6.34. The van der Waals surface area contributed by atoms with Gasteiger partial charge in [0.15, 0.2) is 0 Å². The Balaban J connectivity index is 1.28. The normalized spacial score (nSPS) is 11.8. The van der Waals surface area contributed by atoms with E-state index < -0.39 is 0 Å². The number of rotatable bonds is 5. The summed E-state index contributed by atoms with van der Waals surface area (Å²) in [6, 6.07) is 63.7. The summed E-state index contributed by atoms with van der Waals surface area (Å²) in [7, 11) is 0. The molecule has 0 bridgehead atoms. The van der Waals surface area contributed by atoms with Crippen LogP contribution >= 0.6 is 22.7 Å². The predicted molar refractivity (Wildman–Crippen MR) is 225 cm³/mol. The molecule has 0 spiro atoms. The third-order valence-corrected chi connectivity index (χ3v) is 12.6. The first-order chi connectivity index (χ1) is 25.8. The first-order valence-corrected chi connectivity index (χ1v) is 19.1. The zero-order chi connectivity index (χ0) is 34.2. The molecule has 0 aliphatic rings. The second kappa shape index (κ2) is 11.7. The lowest BCUT2D eigenvalue weighted by molar-refractivity contribution is 0.669. The van der Waals surface area contributed by atoms with Gasteiger partial charge in [-0.3, -0.25) is 0 Å². The number of hydrogen-bond acceptors (Lipinski definition) is 4. The van der Waals surface area contributed by atoms with Gasteiger partial charge in [0.05, 0.1) is 11.4 Å². The number of nitrogens with zero attached hydrogens (tertiary/aromatic N) is 1. The number of thiophene rings is 2. The molecule has 0 N–H and O–H groups in total. The van der Waals surface area contributed by atoms with E-state index in [1.54, 1.807) is 0 Å². The van der Waals surface area contributed by atoms with Crippen molar-refractivity contribution in [2.45, 2.75) is 0 Å². The van der Waals surface area contributed by atoms with Crippen molar-refractivity contribution >= 4 is 102 Å². The fourth-order valence-electron chi connectivity index (χ4n) is 8.00. The summed E-state index contributed by atoms with van der Waals surface area (Å²) in [6.07, 6.45) is 0. The highest BCUT2D eigenvalue weighted by molar-refractivity contribution is 7.26. The van der Waals surface area contributed by atoms with Crippen LogP contribution in [-0.4, -0.2) is 0 Å². The van der Waals surface area contributed by atoms with Gasteiger partial charge in [0.25, 0.3) is 0 Å². The molecule has 52 heavy (non-hydrogen) atoms. The highest BCUT2D eigenvalue weighted by Gasteiger charge is 2.25. The minimum Gasteiger partial charge on any atom is -0.456 e. The van der Waals surface area contributed by atoms with Gasteiger partial charge in [-0.1, -0.05) is 121 Å². The second-order valence-corrected chi connectivity index (χ2v) is 15.3. The van der Waals surface area contributed by atoms with Gasteiger partial charge in [0.1, 0.15) is 11.2 Å². The SMILES string of the molecule is c1ccc(-c2ccc(N(c3ccc4oc5ccccc5c4c3)c3cccc4sc5cccc(-c6ccccc6)c5c34)c3c2sc2ccccc23)cc1. The largest absolute Gasteiger partial charge is 0.456 e. The molecule has 3 heterocycles. The maximum Gasteiger partial charge on any atom is 0.135 e. The fraction of sp³-hybridized carbons (Fsp3) is 0. The summed E-state index contributed by atoms with van der Waals surface area (Å²) in [5.41, 5.74) is 10.1. The molecule has 0 aliphatic carbocycles. The first kappa shape index (κ1) is 29.5. The summed E-state index contributed by atoms with van der Waals surface area (Å²) in [5, 5.41) is 7.31. The molecule has 11 rings (SSSR count). The van der Waals surface area contributed by atoms with E-state index in [2.05, 4.69) is 175 Å². The third-order valence-electron chi connectivity index (χ3n) is 10.3. The zero-order valence-electron chi connectivity index (χ0n) is 27.9. The lowest BCUT2D eigenvalue weighted by Gasteiger charge is -2.28. The molecule has 4 heteroatoms. The van der Waals surface area contributed by atoms with Crippen LogP contribution in [0.4, 0.5) is 17.1 Å². The molecule has 0 amide bonds. The molecular formula is C48H29NOS2. The Morgan fingerprint density at radius 2 is 1.02 bits per heavy atom. The average Bonchev–Trinajstić information content (AvgIpc) is 3.90. The molecule has 2 nitrogen and oxygen atoms in total. The summed E-state index contributed by atoms with van der Waals surface area (Å²) < 4.78 is 11.5. The van der Waals surface area contributed by atoms with Gasteiger partial charge < -0.3 is 9.32 Å². The first-order valence-electron chi connectivity index (χ1n) is 17.5. The monoisotopic (exact) mass is 699 g/mol. The van der Waals surface area contributed by atoms with Gasteiger partial charge in [-0.05, 0) is 76.9 Å². The summed E-state index contributed by atoms with van der Waals surface area (Å²) in [6.45, 7) is 0. The van der Waals surface area contributed by atoms with Crippen LogP contribution in [0, 0.1) is 0 Å². The van der Waals surface area contributed by atoms with E-state index in [-0.39, 0.29) is 0 Å². The molecule has 244 valence electrons. The molecular weight excluding hydrogens is 671 g/mol. The molecule has 3 aromatic heterocycles. The van der Waals surface area contributed by atoms with Crippen molar-refractivity contribution in [1.82, 2.24) is 0 Å². The minimum absolute atomic E-state index is 0.890. The summed E-state index contributed by atoms with van der Waals surface area (Å²) in [5.74, 6) is 0. The van der Waals surface area contributed by atoms with Crippen LogP contribution in [-0.2, 0) is 0 Å². The highest BCUT2D eigenvalue weighted by Crippen LogP contribution is 2.52. The molecule has 8 aromatic carbocycles. The van der Waals surface area contributed by atoms with Gasteiger partial charge in [-0.15, -0.1) is 22.7 Å². The Labute approximate surface area is 308 Å². The Hall–Kier alpha value is -6.20. The van der Waals surface area contributed by atoms with E-state index in [4.69, 9.17) is 4.42 Å². The average molecular weight is 700 g/mol. The van der Waals surface area contributed by atoms with Crippen molar-refractivity contribution in [3.63, 3.8) is 0 Å². The minimum atomic E-state index is 0.890. The molecule has 11 aromatic rings. The quantitative estimate of drug-likeness (QED) is 0.178. The zero-order valence-corrected chi connectivity index (χ0v) is 29.5. The lowest BCUT2D eigenvalue weighted by atomic mass is 9.97. The van der Waals surface area contributed by atoms with Gasteiger partial charge in [0, 0.05) is 56.8 Å². The van der Waals surface area contributed by atoms with E-state index >= 15 is 0 Å². The van der Waals surface area contributed by atoms with Gasteiger partial charge in [0.2, 0.25) is 0 Å². The summed E-state index contributed by atoms with van der Waals surface area (Å²) >= 11 is 3.75. The fourth-order valence-corrected chi connectivity index (χ4v) is 10.4. The molecule has 0 saturated heterocycles. The van der Waals surface area contributed by atoms with E-state index in [0.717, 1.165) is 39.0 Å². The molecule has 0 unspecified atom stereocenters. The number of hydrogen-bond donors (Lipinski definition) is 0. The molecule has 0 radical (unpaired) electrons. The molecule has 0 fully saturated rings. The van der Waals surface area contributed by atoms with Gasteiger partial charge in [-0.25, -0.2) is 0 Å². The topological polar surface area (TPSA) is 16.4 Å². The maximum absolute atomic E-state index is 6.34. The van der Waals surface area contributed by atoms with Crippen molar-refractivity contribution in [2.75, 3.05) is 4.90 Å². The van der Waals surface area contributed by atoms with Crippen molar-refractivity contribution in [1.29, 1.82) is 0 Å². The Kier molecular flexibility index (Phi) is 6.63. The smallest absolute Gasteiger partial charge is 0.135 e. The van der Waals surface area contributed by atoms with E-state index in [1.165, 1.54) is 62.6 Å². The highest BCUT2D eigenvalue weighted by atomic mass is 32.1. The molecule has 0 atom stereocenters. The van der Waals surface area contributed by atoms with Crippen LogP contribution in [0.15, 0.2) is 180 Å². The molecule has 0 saturated carbocycles. The van der Waals surface area contributed by atoms with Crippen LogP contribution in [0.2, 0.25) is 0 Å². The third kappa shape index (κ3) is 4.48. The van der Waals surface area contributed by atoms with E-state index in [9.17, 15) is 0 Å². The number of furan rings is 1.